The van der Waals surface area contributed by atoms with Gasteiger partial charge in [-0.3, -0.25) is 19.4 Å². The Morgan fingerprint density at radius 1 is 1.11 bits per heavy atom. The number of allylic oxidation sites excluding steroid dienone is 1. The van der Waals surface area contributed by atoms with Gasteiger partial charge in [-0.1, -0.05) is 0 Å². The summed E-state index contributed by atoms with van der Waals surface area (Å²) in [4.78, 5) is 37.9. The highest BCUT2D eigenvalue weighted by atomic mass is 19.3. The summed E-state index contributed by atoms with van der Waals surface area (Å²) in [7, 11) is 3.21. The van der Waals surface area contributed by atoms with Crippen molar-refractivity contribution < 1.29 is 18.4 Å². The molecule has 6 rings (SSSR count). The summed E-state index contributed by atoms with van der Waals surface area (Å²) in [6.45, 7) is 6.92. The normalized spacial score (nSPS) is 19.8. The van der Waals surface area contributed by atoms with Gasteiger partial charge < -0.3 is 31.1 Å². The number of fused-ring (bicyclic) bond motifs is 2. The molecule has 254 valence electrons. The molecule has 2 fully saturated rings. The third-order valence-electron chi connectivity index (χ3n) is 9.92. The van der Waals surface area contributed by atoms with Gasteiger partial charge in [0.25, 0.3) is 6.43 Å². The van der Waals surface area contributed by atoms with E-state index in [9.17, 15) is 18.4 Å². The lowest BCUT2D eigenvalue weighted by molar-refractivity contribution is -0.133. The van der Waals surface area contributed by atoms with E-state index in [2.05, 4.69) is 30.1 Å². The molecule has 2 aromatic rings. The van der Waals surface area contributed by atoms with Crippen molar-refractivity contribution in [3.8, 4) is 0 Å². The first-order valence-electron chi connectivity index (χ1n) is 16.7. The molecule has 4 aliphatic heterocycles. The maximum Gasteiger partial charge on any atom is 0.317 e. The lowest BCUT2D eigenvalue weighted by atomic mass is 9.92. The average molecular weight is 653 g/mol. The fraction of sp³-hybridized carbons (Fsp3) is 0.576. The first-order valence-corrected chi connectivity index (χ1v) is 16.7. The molecule has 2 saturated heterocycles. The van der Waals surface area contributed by atoms with Crippen LogP contribution in [0.1, 0.15) is 59.7 Å². The molecule has 0 saturated carbocycles. The van der Waals surface area contributed by atoms with Crippen molar-refractivity contribution in [2.24, 2.45) is 10.7 Å². The van der Waals surface area contributed by atoms with Crippen LogP contribution >= 0.6 is 0 Å². The fourth-order valence-electron chi connectivity index (χ4n) is 7.44. The Labute approximate surface area is 274 Å². The van der Waals surface area contributed by atoms with Gasteiger partial charge in [0.1, 0.15) is 0 Å². The van der Waals surface area contributed by atoms with Gasteiger partial charge in [0, 0.05) is 113 Å². The number of nitrogens with one attached hydrogen (secondary N) is 2. The predicted octanol–water partition coefficient (Wildman–Crippen LogP) is 2.67. The van der Waals surface area contributed by atoms with Crippen LogP contribution in [0.5, 0.6) is 0 Å². The number of carbonyl (C=O) groups excluding carboxylic acids is 2. The fourth-order valence-corrected chi connectivity index (χ4v) is 7.44. The third kappa shape index (κ3) is 6.71. The summed E-state index contributed by atoms with van der Waals surface area (Å²) in [5.41, 5.74) is 10.2. The number of urea groups is 1. The van der Waals surface area contributed by atoms with Crippen molar-refractivity contribution in [1.29, 1.82) is 0 Å². The van der Waals surface area contributed by atoms with Crippen LogP contribution in [0, 0.1) is 0 Å². The second-order valence-corrected chi connectivity index (χ2v) is 12.7. The maximum absolute atomic E-state index is 14.5. The number of anilines is 2. The summed E-state index contributed by atoms with van der Waals surface area (Å²) in [6.07, 6.45) is 3.86. The summed E-state index contributed by atoms with van der Waals surface area (Å²) in [5.74, 6) is 0.885. The van der Waals surface area contributed by atoms with E-state index in [1.807, 2.05) is 11.0 Å². The largest absolute Gasteiger partial charge is 0.404 e. The smallest absolute Gasteiger partial charge is 0.317 e. The number of rotatable bonds is 7. The lowest BCUT2D eigenvalue weighted by Gasteiger charge is -2.35. The maximum atomic E-state index is 14.5. The number of nitrogens with zero attached hydrogens (tertiary/aromatic N) is 7. The quantitative estimate of drug-likeness (QED) is 0.393. The Morgan fingerprint density at radius 2 is 1.87 bits per heavy atom. The number of hydrogen-bond acceptors (Lipinski definition) is 8. The minimum Gasteiger partial charge on any atom is -0.404 e. The number of benzene rings is 1. The van der Waals surface area contributed by atoms with E-state index in [0.29, 0.717) is 68.3 Å². The molecule has 1 aromatic heterocycles. The van der Waals surface area contributed by atoms with E-state index in [-0.39, 0.29) is 23.5 Å². The Hall–Kier alpha value is -4.04. The van der Waals surface area contributed by atoms with Crippen molar-refractivity contribution in [2.45, 2.75) is 51.1 Å². The molecular formula is C33H46F2N10O2. The van der Waals surface area contributed by atoms with Crippen LogP contribution in [0.2, 0.25) is 0 Å². The van der Waals surface area contributed by atoms with Gasteiger partial charge in [-0.25, -0.2) is 13.6 Å². The van der Waals surface area contributed by atoms with E-state index in [1.54, 1.807) is 25.1 Å². The van der Waals surface area contributed by atoms with E-state index in [0.717, 1.165) is 68.7 Å². The van der Waals surface area contributed by atoms with Gasteiger partial charge in [0.05, 0.1) is 19.1 Å². The monoisotopic (exact) mass is 652 g/mol. The molecule has 12 nitrogen and oxygen atoms in total. The number of hydrogen-bond donors (Lipinski definition) is 3. The molecular weight excluding hydrogens is 606 g/mol. The summed E-state index contributed by atoms with van der Waals surface area (Å²) in [5, 5.41) is 11.3. The number of nitrogens with two attached hydrogens (primary N) is 1. The lowest BCUT2D eigenvalue weighted by Crippen LogP contribution is -2.49. The molecule has 0 radical (unpaired) electrons. The van der Waals surface area contributed by atoms with Crippen LogP contribution in [0.15, 0.2) is 23.3 Å². The molecule has 0 spiro atoms. The third-order valence-corrected chi connectivity index (χ3v) is 9.92. The number of aryl methyl sites for hydroxylation is 1. The number of amides is 3. The van der Waals surface area contributed by atoms with E-state index in [4.69, 9.17) is 10.8 Å². The van der Waals surface area contributed by atoms with Gasteiger partial charge in [-0.15, -0.1) is 0 Å². The molecule has 0 unspecified atom stereocenters. The minimum atomic E-state index is -2.71. The van der Waals surface area contributed by atoms with Crippen LogP contribution in [0.25, 0.3) is 5.57 Å². The molecule has 47 heavy (non-hydrogen) atoms. The molecule has 0 aliphatic carbocycles. The molecule has 0 bridgehead atoms. The molecule has 0 atom stereocenters. The number of alkyl halides is 2. The molecule has 4 aliphatic rings. The van der Waals surface area contributed by atoms with E-state index < -0.39 is 6.43 Å². The average Bonchev–Trinajstić information content (AvgIpc) is 3.48. The second kappa shape index (κ2) is 14.4. The van der Waals surface area contributed by atoms with Crippen LogP contribution in [0.4, 0.5) is 25.1 Å². The number of likely N-dealkylation sites (tertiary alicyclic amines) is 1. The highest BCUT2D eigenvalue weighted by molar-refractivity contribution is 6.10. The second-order valence-electron chi connectivity index (χ2n) is 12.7. The molecule has 1 aromatic carbocycles. The first kappa shape index (κ1) is 32.9. The Balaban J connectivity index is 1.32. The molecule has 14 heteroatoms. The number of piperidine rings is 1. The Bertz CT molecular complexity index is 1530. The van der Waals surface area contributed by atoms with Gasteiger partial charge >= 0.3 is 6.03 Å². The van der Waals surface area contributed by atoms with Crippen LogP contribution < -0.4 is 21.3 Å². The zero-order valence-electron chi connectivity index (χ0n) is 27.4. The van der Waals surface area contributed by atoms with Crippen LogP contribution in [-0.2, 0) is 24.2 Å². The number of piperazine rings is 1. The van der Waals surface area contributed by atoms with Crippen LogP contribution in [-0.4, -0.2) is 116 Å². The topological polar surface area (TPSA) is 127 Å². The van der Waals surface area contributed by atoms with Gasteiger partial charge in [0.2, 0.25) is 5.91 Å². The number of halogens is 2. The van der Waals surface area contributed by atoms with E-state index >= 15 is 0 Å². The minimum absolute atomic E-state index is 0.0983. The zero-order valence-corrected chi connectivity index (χ0v) is 27.4. The Morgan fingerprint density at radius 3 is 2.55 bits per heavy atom. The SMILES string of the molecule is CN=CC(=CN)c1cc2c(cc1C(F)F)N(c1nn(C3CCN(C(=O)CN4CCNCC4)CC3)c3c1CN(C(=O)NC)CC3)CCC2. The van der Waals surface area contributed by atoms with Gasteiger partial charge in [0.15, 0.2) is 5.82 Å². The standard InChI is InChI=1S/C33H46F2N10O2/c1-37-19-23(18-36)25-16-22-4-3-10-44(29(22)17-26(25)31(34)35)32-27-20-43(33(47)38-2)13-7-28(27)45(40-32)24-5-11-42(12-6-24)30(46)21-41-14-8-39-9-15-41/h16-19,24,31,39H,3-15,20-21,36H2,1-2H3,(H,38,47). The Kier molecular flexibility index (Phi) is 10.1. The molecule has 3 amide bonds. The number of aromatic nitrogens is 2. The zero-order chi connectivity index (χ0) is 33.1. The van der Waals surface area contributed by atoms with Gasteiger partial charge in [-0.05, 0) is 48.9 Å². The van der Waals surface area contributed by atoms with E-state index in [1.165, 1.54) is 12.4 Å². The molecule has 4 N–H and O–H groups in total. The van der Waals surface area contributed by atoms with Crippen molar-refractivity contribution in [3.05, 3.63) is 46.3 Å². The van der Waals surface area contributed by atoms with Crippen LogP contribution in [0.3, 0.4) is 0 Å². The van der Waals surface area contributed by atoms with Gasteiger partial charge in [-0.2, -0.15) is 5.10 Å². The predicted molar refractivity (Wildman–Crippen MR) is 178 cm³/mol. The van der Waals surface area contributed by atoms with Crippen molar-refractivity contribution >= 4 is 35.2 Å². The highest BCUT2D eigenvalue weighted by Gasteiger charge is 2.35. The summed E-state index contributed by atoms with van der Waals surface area (Å²) in [6, 6.07) is 3.33. The van der Waals surface area contributed by atoms with Crippen molar-refractivity contribution in [3.63, 3.8) is 0 Å². The number of carbonyl (C=O) groups is 2. The molecule has 5 heterocycles. The first-order chi connectivity index (χ1) is 22.8. The van der Waals surface area contributed by atoms with Crippen molar-refractivity contribution in [1.82, 2.24) is 35.1 Å². The number of aliphatic imine (C=N–C) groups is 1. The summed E-state index contributed by atoms with van der Waals surface area (Å²) >= 11 is 0. The van der Waals surface area contributed by atoms with Crippen molar-refractivity contribution in [2.75, 3.05) is 77.9 Å². The summed E-state index contributed by atoms with van der Waals surface area (Å²) < 4.78 is 31.2. The highest BCUT2D eigenvalue weighted by Crippen LogP contribution is 2.42.